The Labute approximate surface area is 125 Å². The Bertz CT molecular complexity index is 644. The molecule has 0 aliphatic heterocycles. The van der Waals surface area contributed by atoms with Gasteiger partial charge >= 0.3 is 0 Å². The Balaban J connectivity index is 2.54. The van der Waals surface area contributed by atoms with Crippen LogP contribution < -0.4 is 0 Å². The SMILES string of the molecule is COC(C)(C)c1nc(-c2cccc(C(C)C)c2F)cn1C. The van der Waals surface area contributed by atoms with Gasteiger partial charge in [-0.15, -0.1) is 0 Å². The lowest BCUT2D eigenvalue weighted by Gasteiger charge is -2.21. The summed E-state index contributed by atoms with van der Waals surface area (Å²) in [5.41, 5.74) is 1.37. The molecule has 1 heterocycles. The molecule has 3 nitrogen and oxygen atoms in total. The highest BCUT2D eigenvalue weighted by Gasteiger charge is 2.26. The monoisotopic (exact) mass is 290 g/mol. The molecule has 0 saturated heterocycles. The van der Waals surface area contributed by atoms with Crippen LogP contribution in [-0.2, 0) is 17.4 Å². The number of hydrogen-bond donors (Lipinski definition) is 0. The van der Waals surface area contributed by atoms with E-state index in [-0.39, 0.29) is 11.7 Å². The Morgan fingerprint density at radius 1 is 1.29 bits per heavy atom. The number of ether oxygens (including phenoxy) is 1. The van der Waals surface area contributed by atoms with Gasteiger partial charge in [-0.05, 0) is 31.4 Å². The van der Waals surface area contributed by atoms with Crippen molar-refractivity contribution in [1.82, 2.24) is 9.55 Å². The predicted octanol–water partition coefficient (Wildman–Crippen LogP) is 4.23. The van der Waals surface area contributed by atoms with Crippen molar-refractivity contribution in [3.8, 4) is 11.3 Å². The van der Waals surface area contributed by atoms with Crippen LogP contribution in [0.4, 0.5) is 4.39 Å². The van der Waals surface area contributed by atoms with Crippen molar-refractivity contribution in [2.24, 2.45) is 7.05 Å². The first-order valence-corrected chi connectivity index (χ1v) is 7.15. The van der Waals surface area contributed by atoms with Gasteiger partial charge in [-0.25, -0.2) is 9.37 Å². The summed E-state index contributed by atoms with van der Waals surface area (Å²) < 4.78 is 22.0. The average Bonchev–Trinajstić information content (AvgIpc) is 2.81. The third-order valence-corrected chi connectivity index (χ3v) is 3.85. The maximum absolute atomic E-state index is 14.6. The second-order valence-corrected chi connectivity index (χ2v) is 6.14. The zero-order valence-electron chi connectivity index (χ0n) is 13.6. The molecule has 0 N–H and O–H groups in total. The van der Waals surface area contributed by atoms with Crippen LogP contribution in [0.3, 0.4) is 0 Å². The summed E-state index contributed by atoms with van der Waals surface area (Å²) in [6.07, 6.45) is 1.85. The standard InChI is InChI=1S/C17H23FN2O/c1-11(2)12-8-7-9-13(15(12)18)14-10-20(5)16(19-14)17(3,4)21-6/h7-11H,1-6H3. The second kappa shape index (κ2) is 5.60. The minimum Gasteiger partial charge on any atom is -0.371 e. The van der Waals surface area contributed by atoms with Crippen molar-refractivity contribution in [3.63, 3.8) is 0 Å². The third-order valence-electron chi connectivity index (χ3n) is 3.85. The first-order valence-electron chi connectivity index (χ1n) is 7.15. The molecule has 0 spiro atoms. The number of hydrogen-bond acceptors (Lipinski definition) is 2. The van der Waals surface area contributed by atoms with Gasteiger partial charge in [-0.1, -0.05) is 26.0 Å². The summed E-state index contributed by atoms with van der Waals surface area (Å²) in [6, 6.07) is 5.48. The minimum atomic E-state index is -0.515. The molecule has 0 atom stereocenters. The number of nitrogens with zero attached hydrogens (tertiary/aromatic N) is 2. The number of rotatable bonds is 4. The summed E-state index contributed by atoms with van der Waals surface area (Å²) >= 11 is 0. The van der Waals surface area contributed by atoms with E-state index in [0.29, 0.717) is 16.8 Å². The Kier molecular flexibility index (Phi) is 4.19. The lowest BCUT2D eigenvalue weighted by molar-refractivity contribution is 0.00934. The number of aromatic nitrogens is 2. The Morgan fingerprint density at radius 2 is 1.95 bits per heavy atom. The molecule has 2 rings (SSSR count). The molecular weight excluding hydrogens is 267 g/mol. The van der Waals surface area contributed by atoms with Crippen molar-refractivity contribution in [1.29, 1.82) is 0 Å². The molecule has 1 aromatic carbocycles. The predicted molar refractivity (Wildman–Crippen MR) is 82.7 cm³/mol. The third kappa shape index (κ3) is 2.86. The lowest BCUT2D eigenvalue weighted by Crippen LogP contribution is -2.23. The van der Waals surface area contributed by atoms with Gasteiger partial charge in [0.1, 0.15) is 17.2 Å². The highest BCUT2D eigenvalue weighted by Crippen LogP contribution is 2.30. The lowest BCUT2D eigenvalue weighted by atomic mass is 9.99. The smallest absolute Gasteiger partial charge is 0.140 e. The maximum atomic E-state index is 14.6. The van der Waals surface area contributed by atoms with E-state index in [0.717, 1.165) is 5.82 Å². The molecule has 4 heteroatoms. The van der Waals surface area contributed by atoms with Gasteiger partial charge in [-0.3, -0.25) is 0 Å². The van der Waals surface area contributed by atoms with Crippen LogP contribution in [0.2, 0.25) is 0 Å². The van der Waals surface area contributed by atoms with Gasteiger partial charge in [0, 0.05) is 25.9 Å². The highest BCUT2D eigenvalue weighted by atomic mass is 19.1. The van der Waals surface area contributed by atoms with Crippen LogP contribution >= 0.6 is 0 Å². The average molecular weight is 290 g/mol. The largest absolute Gasteiger partial charge is 0.371 e. The van der Waals surface area contributed by atoms with Crippen LogP contribution in [0.5, 0.6) is 0 Å². The molecule has 0 saturated carbocycles. The summed E-state index contributed by atoms with van der Waals surface area (Å²) in [6.45, 7) is 7.86. The first-order chi connectivity index (χ1) is 9.77. The molecule has 0 bridgehead atoms. The van der Waals surface area contributed by atoms with Gasteiger partial charge in [0.15, 0.2) is 0 Å². The van der Waals surface area contributed by atoms with Crippen molar-refractivity contribution in [2.75, 3.05) is 7.11 Å². The van der Waals surface area contributed by atoms with Crippen LogP contribution in [0, 0.1) is 5.82 Å². The van der Waals surface area contributed by atoms with E-state index >= 15 is 0 Å². The Morgan fingerprint density at radius 3 is 2.52 bits per heavy atom. The van der Waals surface area contributed by atoms with Crippen molar-refractivity contribution in [3.05, 3.63) is 41.6 Å². The fourth-order valence-electron chi connectivity index (χ4n) is 2.44. The number of imidazole rings is 1. The molecule has 21 heavy (non-hydrogen) atoms. The van der Waals surface area contributed by atoms with Crippen LogP contribution in [-0.4, -0.2) is 16.7 Å². The molecule has 2 aromatic rings. The fourth-order valence-corrected chi connectivity index (χ4v) is 2.44. The van der Waals surface area contributed by atoms with Gasteiger partial charge < -0.3 is 9.30 Å². The maximum Gasteiger partial charge on any atom is 0.140 e. The van der Waals surface area contributed by atoms with Gasteiger partial charge in [0.2, 0.25) is 0 Å². The number of aryl methyl sites for hydroxylation is 1. The van der Waals surface area contributed by atoms with Crippen molar-refractivity contribution >= 4 is 0 Å². The zero-order chi connectivity index (χ0) is 15.8. The zero-order valence-corrected chi connectivity index (χ0v) is 13.6. The quantitative estimate of drug-likeness (QED) is 0.842. The van der Waals surface area contributed by atoms with Gasteiger partial charge in [0.05, 0.1) is 5.69 Å². The molecule has 0 aliphatic rings. The van der Waals surface area contributed by atoms with Crippen LogP contribution in [0.1, 0.15) is 45.0 Å². The normalized spacial score (nSPS) is 12.2. The van der Waals surface area contributed by atoms with E-state index in [9.17, 15) is 4.39 Å². The first kappa shape index (κ1) is 15.7. The topological polar surface area (TPSA) is 27.1 Å². The Hall–Kier alpha value is -1.68. The number of halogens is 1. The summed E-state index contributed by atoms with van der Waals surface area (Å²) in [5, 5.41) is 0. The molecule has 0 fully saturated rings. The highest BCUT2D eigenvalue weighted by molar-refractivity contribution is 5.61. The van der Waals surface area contributed by atoms with Gasteiger partial charge in [0.25, 0.3) is 0 Å². The molecule has 0 amide bonds. The van der Waals surface area contributed by atoms with E-state index in [1.165, 1.54) is 0 Å². The molecule has 0 radical (unpaired) electrons. The summed E-state index contributed by atoms with van der Waals surface area (Å²) in [5.74, 6) is 0.727. The van der Waals surface area contributed by atoms with E-state index < -0.39 is 5.60 Å². The van der Waals surface area contributed by atoms with E-state index in [2.05, 4.69) is 4.98 Å². The van der Waals surface area contributed by atoms with E-state index in [1.807, 2.05) is 57.6 Å². The molecule has 0 aliphatic carbocycles. The molecule has 114 valence electrons. The van der Waals surface area contributed by atoms with Crippen LogP contribution in [0.25, 0.3) is 11.3 Å². The molecule has 0 unspecified atom stereocenters. The fraction of sp³-hybridized carbons (Fsp3) is 0.471. The molecular formula is C17H23FN2O. The van der Waals surface area contributed by atoms with Gasteiger partial charge in [-0.2, -0.15) is 0 Å². The van der Waals surface area contributed by atoms with E-state index in [1.54, 1.807) is 13.2 Å². The van der Waals surface area contributed by atoms with E-state index in [4.69, 9.17) is 4.74 Å². The van der Waals surface area contributed by atoms with Crippen LogP contribution in [0.15, 0.2) is 24.4 Å². The summed E-state index contributed by atoms with van der Waals surface area (Å²) in [4.78, 5) is 4.58. The van der Waals surface area contributed by atoms with Crippen molar-refractivity contribution in [2.45, 2.75) is 39.2 Å². The number of methoxy groups -OCH3 is 1. The molecule has 1 aromatic heterocycles. The van der Waals surface area contributed by atoms with Crippen molar-refractivity contribution < 1.29 is 9.13 Å². The minimum absolute atomic E-state index is 0.142. The summed E-state index contributed by atoms with van der Waals surface area (Å²) in [7, 11) is 3.55. The second-order valence-electron chi connectivity index (χ2n) is 6.14. The number of benzene rings is 1.